The summed E-state index contributed by atoms with van der Waals surface area (Å²) >= 11 is 0. The Hall–Kier alpha value is -2.04. The molecule has 0 aromatic carbocycles. The van der Waals surface area contributed by atoms with E-state index in [1.165, 1.54) is 6.21 Å². The summed E-state index contributed by atoms with van der Waals surface area (Å²) in [5.41, 5.74) is 1.25. The number of aliphatic imine (C=N–C) groups is 2. The van der Waals surface area contributed by atoms with Gasteiger partial charge in [-0.25, -0.2) is 4.99 Å². The van der Waals surface area contributed by atoms with Gasteiger partial charge in [-0.3, -0.25) is 14.8 Å². The Morgan fingerprint density at radius 2 is 2.29 bits per heavy atom. The number of carbonyl (C=O) groups excluding carboxylic acids is 1. The molecule has 0 aliphatic carbocycles. The number of aromatic nitrogens is 1. The van der Waals surface area contributed by atoms with Crippen molar-refractivity contribution in [2.45, 2.75) is 26.1 Å². The summed E-state index contributed by atoms with van der Waals surface area (Å²) in [6.45, 7) is 3.81. The molecule has 1 N–H and O–H groups in total. The van der Waals surface area contributed by atoms with E-state index in [0.29, 0.717) is 5.71 Å². The van der Waals surface area contributed by atoms with E-state index in [0.717, 1.165) is 5.56 Å². The van der Waals surface area contributed by atoms with Gasteiger partial charge >= 0.3 is 0 Å². The van der Waals surface area contributed by atoms with Crippen molar-refractivity contribution in [3.63, 3.8) is 0 Å². The van der Waals surface area contributed by atoms with Crippen LogP contribution in [-0.4, -0.2) is 28.9 Å². The number of pyridine rings is 1. The van der Waals surface area contributed by atoms with Crippen molar-refractivity contribution >= 4 is 17.8 Å². The maximum atomic E-state index is 11.7. The molecule has 2 heterocycles. The third-order valence-corrected chi connectivity index (χ3v) is 2.23. The van der Waals surface area contributed by atoms with Gasteiger partial charge in [-0.2, -0.15) is 0 Å². The van der Waals surface area contributed by atoms with Crippen LogP contribution in [0.3, 0.4) is 0 Å². The van der Waals surface area contributed by atoms with Gasteiger partial charge in [-0.15, -0.1) is 0 Å². The van der Waals surface area contributed by atoms with Crippen LogP contribution in [0.4, 0.5) is 0 Å². The fourth-order valence-electron chi connectivity index (χ4n) is 1.48. The highest BCUT2D eigenvalue weighted by Gasteiger charge is 2.19. The van der Waals surface area contributed by atoms with Gasteiger partial charge in [-0.05, 0) is 19.9 Å². The molecular formula is C12H14N4O. The molecule has 0 saturated heterocycles. The van der Waals surface area contributed by atoms with E-state index < -0.39 is 0 Å². The van der Waals surface area contributed by atoms with E-state index in [2.05, 4.69) is 20.3 Å². The second-order valence-electron chi connectivity index (χ2n) is 4.08. The molecule has 0 radical (unpaired) electrons. The summed E-state index contributed by atoms with van der Waals surface area (Å²) in [4.78, 5) is 24.1. The number of amides is 1. The molecule has 1 atom stereocenters. The second kappa shape index (κ2) is 4.86. The first-order chi connectivity index (χ1) is 8.16. The Morgan fingerprint density at radius 3 is 2.94 bits per heavy atom. The molecule has 0 fully saturated rings. The highest BCUT2D eigenvalue weighted by Crippen LogP contribution is 2.20. The number of nitrogens with one attached hydrogen (secondary N) is 1. The van der Waals surface area contributed by atoms with Crippen LogP contribution < -0.4 is 5.32 Å². The maximum Gasteiger partial charge on any atom is 0.271 e. The van der Waals surface area contributed by atoms with Crippen LogP contribution in [0.2, 0.25) is 0 Å². The Balaban J connectivity index is 2.10. The molecule has 1 unspecified atom stereocenters. The van der Waals surface area contributed by atoms with Gasteiger partial charge in [0, 0.05) is 24.0 Å². The lowest BCUT2D eigenvalue weighted by molar-refractivity contribution is -0.115. The van der Waals surface area contributed by atoms with E-state index in [4.69, 9.17) is 0 Å². The van der Waals surface area contributed by atoms with Gasteiger partial charge < -0.3 is 5.32 Å². The first-order valence-electron chi connectivity index (χ1n) is 5.48. The molecule has 2 rings (SSSR count). The molecule has 1 amide bonds. The first kappa shape index (κ1) is 11.4. The maximum absolute atomic E-state index is 11.7. The van der Waals surface area contributed by atoms with Gasteiger partial charge in [0.25, 0.3) is 5.91 Å². The summed E-state index contributed by atoms with van der Waals surface area (Å²) < 4.78 is 0. The lowest BCUT2D eigenvalue weighted by atomic mass is 10.2. The summed E-state index contributed by atoms with van der Waals surface area (Å²) in [5.74, 6) is -0.185. The van der Waals surface area contributed by atoms with Crippen molar-refractivity contribution < 1.29 is 4.79 Å². The number of nitrogens with zero attached hydrogens (tertiary/aromatic N) is 3. The zero-order chi connectivity index (χ0) is 12.3. The van der Waals surface area contributed by atoms with Crippen LogP contribution in [0.5, 0.6) is 0 Å². The number of rotatable bonds is 3. The Labute approximate surface area is 99.7 Å². The highest BCUT2D eigenvalue weighted by atomic mass is 16.2. The highest BCUT2D eigenvalue weighted by molar-refractivity contribution is 6.61. The molecule has 17 heavy (non-hydrogen) atoms. The summed E-state index contributed by atoms with van der Waals surface area (Å²) in [7, 11) is 0. The Kier molecular flexibility index (Phi) is 3.27. The van der Waals surface area contributed by atoms with Crippen molar-refractivity contribution in [2.24, 2.45) is 9.98 Å². The van der Waals surface area contributed by atoms with Crippen LogP contribution in [0.1, 0.15) is 25.6 Å². The topological polar surface area (TPSA) is 66.7 Å². The van der Waals surface area contributed by atoms with Crippen LogP contribution in [0.15, 0.2) is 34.5 Å². The molecular weight excluding hydrogens is 216 g/mol. The lowest BCUT2D eigenvalue weighted by Gasteiger charge is -2.06. The molecule has 5 heteroatoms. The summed E-state index contributed by atoms with van der Waals surface area (Å²) in [6, 6.07) is 3.81. The van der Waals surface area contributed by atoms with Gasteiger partial charge in [0.05, 0.1) is 6.21 Å². The molecule has 1 aliphatic rings. The second-order valence-corrected chi connectivity index (χ2v) is 4.08. The molecule has 88 valence electrons. The predicted octanol–water partition coefficient (Wildman–Crippen LogP) is 1.13. The molecule has 0 bridgehead atoms. The van der Waals surface area contributed by atoms with Gasteiger partial charge in [-0.1, -0.05) is 6.07 Å². The fourth-order valence-corrected chi connectivity index (χ4v) is 1.48. The average molecular weight is 230 g/mol. The first-order valence-corrected chi connectivity index (χ1v) is 5.48. The minimum atomic E-state index is -0.336. The van der Waals surface area contributed by atoms with Gasteiger partial charge in [0.2, 0.25) is 0 Å². The predicted molar refractivity (Wildman–Crippen MR) is 66.2 cm³/mol. The normalized spacial score (nSPS) is 18.3. The molecule has 1 aromatic heterocycles. The van der Waals surface area contributed by atoms with Crippen molar-refractivity contribution in [1.82, 2.24) is 10.3 Å². The van der Waals surface area contributed by atoms with Crippen LogP contribution in [0, 0.1) is 0 Å². The lowest BCUT2D eigenvalue weighted by Crippen LogP contribution is -2.36. The SMILES string of the molecule is CC(C)NC(=O)C1=NC(c2cccnc2)N=C1. The van der Waals surface area contributed by atoms with Crippen LogP contribution in [-0.2, 0) is 4.79 Å². The van der Waals surface area contributed by atoms with E-state index >= 15 is 0 Å². The van der Waals surface area contributed by atoms with Crippen molar-refractivity contribution in [3.05, 3.63) is 30.1 Å². The van der Waals surface area contributed by atoms with E-state index in [1.54, 1.807) is 12.4 Å². The van der Waals surface area contributed by atoms with Gasteiger partial charge in [0.15, 0.2) is 6.17 Å². The summed E-state index contributed by atoms with van der Waals surface area (Å²) in [5, 5.41) is 2.78. The van der Waals surface area contributed by atoms with Crippen LogP contribution in [0.25, 0.3) is 0 Å². The third kappa shape index (κ3) is 2.75. The smallest absolute Gasteiger partial charge is 0.271 e. The fraction of sp³-hybridized carbons (Fsp3) is 0.333. The standard InChI is InChI=1S/C12H14N4O/c1-8(2)15-12(17)10-7-14-11(16-10)9-4-3-5-13-6-9/h3-8,11H,1-2H3,(H,15,17). The minimum absolute atomic E-state index is 0.0936. The van der Waals surface area contributed by atoms with E-state index in [1.807, 2.05) is 26.0 Å². The Bertz CT molecular complexity index is 465. The summed E-state index contributed by atoms with van der Waals surface area (Å²) in [6.07, 6.45) is 4.57. The quantitative estimate of drug-likeness (QED) is 0.845. The molecule has 1 aromatic rings. The zero-order valence-corrected chi connectivity index (χ0v) is 9.79. The van der Waals surface area contributed by atoms with Crippen molar-refractivity contribution in [2.75, 3.05) is 0 Å². The molecule has 1 aliphatic heterocycles. The number of hydrogen-bond donors (Lipinski definition) is 1. The van der Waals surface area contributed by atoms with Gasteiger partial charge in [0.1, 0.15) is 5.71 Å². The number of carbonyl (C=O) groups is 1. The van der Waals surface area contributed by atoms with Crippen LogP contribution >= 0.6 is 0 Å². The average Bonchev–Trinajstić information content (AvgIpc) is 2.78. The minimum Gasteiger partial charge on any atom is -0.348 e. The molecule has 0 spiro atoms. The third-order valence-electron chi connectivity index (χ3n) is 2.23. The number of hydrogen-bond acceptors (Lipinski definition) is 4. The monoisotopic (exact) mass is 230 g/mol. The van der Waals surface area contributed by atoms with Crippen molar-refractivity contribution in [3.8, 4) is 0 Å². The molecule has 5 nitrogen and oxygen atoms in total. The molecule has 0 saturated carbocycles. The van der Waals surface area contributed by atoms with E-state index in [9.17, 15) is 4.79 Å². The van der Waals surface area contributed by atoms with E-state index in [-0.39, 0.29) is 18.1 Å². The Morgan fingerprint density at radius 1 is 1.47 bits per heavy atom. The van der Waals surface area contributed by atoms with Crippen molar-refractivity contribution in [1.29, 1.82) is 0 Å². The largest absolute Gasteiger partial charge is 0.348 e. The zero-order valence-electron chi connectivity index (χ0n) is 9.79.